The van der Waals surface area contributed by atoms with Crippen LogP contribution in [0.25, 0.3) is 16.9 Å². The highest BCUT2D eigenvalue weighted by atomic mass is 16.5. The summed E-state index contributed by atoms with van der Waals surface area (Å²) in [6, 6.07) is 28.7. The van der Waals surface area contributed by atoms with E-state index >= 15 is 0 Å². The molecule has 4 aromatic rings. The molecule has 0 saturated heterocycles. The molecule has 190 valence electrons. The van der Waals surface area contributed by atoms with Gasteiger partial charge in [0.25, 0.3) is 5.91 Å². The van der Waals surface area contributed by atoms with E-state index in [0.29, 0.717) is 18.1 Å². The molecule has 7 nitrogen and oxygen atoms in total. The van der Waals surface area contributed by atoms with Gasteiger partial charge in [-0.3, -0.25) is 9.59 Å². The standard InChI is InChI=1S/C30H32N4O3/c1-22(2)19-33(30(36)21-37-26-12-8-5-9-13-26)20-29(35)31-28-18-27(24-10-6-4-7-11-24)32-34(28)25-16-14-23(3)15-17-25/h4-18,22H,19-21H2,1-3H3,(H,31,35). The zero-order valence-corrected chi connectivity index (χ0v) is 21.4. The van der Waals surface area contributed by atoms with Crippen LogP contribution in [-0.4, -0.2) is 46.2 Å². The van der Waals surface area contributed by atoms with E-state index in [1.807, 2.05) is 99.6 Å². The number of ether oxygens (including phenoxy) is 1. The lowest BCUT2D eigenvalue weighted by atomic mass is 10.1. The number of para-hydroxylation sites is 1. The van der Waals surface area contributed by atoms with Gasteiger partial charge in [0, 0.05) is 18.2 Å². The van der Waals surface area contributed by atoms with Crippen LogP contribution < -0.4 is 10.1 Å². The lowest BCUT2D eigenvalue weighted by Gasteiger charge is -2.24. The number of hydrogen-bond acceptors (Lipinski definition) is 4. The number of anilines is 1. The molecule has 4 rings (SSSR count). The Bertz CT molecular complexity index is 1320. The Morgan fingerprint density at radius 1 is 0.946 bits per heavy atom. The van der Waals surface area contributed by atoms with Gasteiger partial charge in [-0.25, -0.2) is 4.68 Å². The maximum absolute atomic E-state index is 13.2. The molecular weight excluding hydrogens is 464 g/mol. The minimum absolute atomic E-state index is 0.0884. The van der Waals surface area contributed by atoms with E-state index < -0.39 is 0 Å². The number of rotatable bonds is 10. The van der Waals surface area contributed by atoms with Crippen molar-refractivity contribution in [3.05, 3.63) is 96.6 Å². The van der Waals surface area contributed by atoms with Crippen molar-refractivity contribution in [3.63, 3.8) is 0 Å². The molecule has 0 radical (unpaired) electrons. The Labute approximate surface area is 217 Å². The summed E-state index contributed by atoms with van der Waals surface area (Å²) in [4.78, 5) is 27.7. The second-order valence-electron chi connectivity index (χ2n) is 9.35. The Morgan fingerprint density at radius 2 is 1.59 bits per heavy atom. The van der Waals surface area contributed by atoms with Crippen LogP contribution in [0.1, 0.15) is 19.4 Å². The lowest BCUT2D eigenvalue weighted by molar-refractivity contribution is -0.137. The Balaban J connectivity index is 1.52. The minimum Gasteiger partial charge on any atom is -0.484 e. The van der Waals surface area contributed by atoms with E-state index in [0.717, 1.165) is 22.5 Å². The van der Waals surface area contributed by atoms with Crippen molar-refractivity contribution in [2.75, 3.05) is 25.0 Å². The van der Waals surface area contributed by atoms with E-state index in [-0.39, 0.29) is 30.9 Å². The summed E-state index contributed by atoms with van der Waals surface area (Å²) in [5.41, 5.74) is 3.64. The zero-order valence-electron chi connectivity index (χ0n) is 21.4. The number of carbonyl (C=O) groups excluding carboxylic acids is 2. The van der Waals surface area contributed by atoms with Crippen LogP contribution in [0.4, 0.5) is 5.82 Å². The molecule has 3 aromatic carbocycles. The van der Waals surface area contributed by atoms with Crippen LogP contribution in [0.2, 0.25) is 0 Å². The summed E-state index contributed by atoms with van der Waals surface area (Å²) in [5, 5.41) is 7.73. The van der Waals surface area contributed by atoms with Crippen molar-refractivity contribution in [1.29, 1.82) is 0 Å². The quantitative estimate of drug-likeness (QED) is 0.321. The minimum atomic E-state index is -0.304. The lowest BCUT2D eigenvalue weighted by Crippen LogP contribution is -2.42. The number of nitrogens with one attached hydrogen (secondary N) is 1. The van der Waals surface area contributed by atoms with Gasteiger partial charge in [-0.05, 0) is 37.1 Å². The number of amides is 2. The smallest absolute Gasteiger partial charge is 0.260 e. The second kappa shape index (κ2) is 12.0. The molecule has 0 spiro atoms. The maximum atomic E-state index is 13.2. The highest BCUT2D eigenvalue weighted by Crippen LogP contribution is 2.25. The fraction of sp³-hybridized carbons (Fsp3) is 0.233. The molecule has 0 aliphatic heterocycles. The Hall–Kier alpha value is -4.39. The predicted octanol–water partition coefficient (Wildman–Crippen LogP) is 5.35. The molecule has 1 N–H and O–H groups in total. The molecule has 0 bridgehead atoms. The molecule has 0 saturated carbocycles. The van der Waals surface area contributed by atoms with Gasteiger partial charge in [0.2, 0.25) is 5.91 Å². The third kappa shape index (κ3) is 7.07. The molecule has 0 atom stereocenters. The summed E-state index contributed by atoms with van der Waals surface area (Å²) >= 11 is 0. The Kier molecular flexibility index (Phi) is 8.36. The predicted molar refractivity (Wildman–Crippen MR) is 146 cm³/mol. The third-order valence-electron chi connectivity index (χ3n) is 5.70. The summed E-state index contributed by atoms with van der Waals surface area (Å²) in [7, 11) is 0. The molecular formula is C30H32N4O3. The van der Waals surface area contributed by atoms with Crippen molar-refractivity contribution < 1.29 is 14.3 Å². The molecule has 0 aliphatic carbocycles. The first-order valence-electron chi connectivity index (χ1n) is 12.4. The van der Waals surface area contributed by atoms with Gasteiger partial charge in [-0.1, -0.05) is 80.1 Å². The monoisotopic (exact) mass is 496 g/mol. The average Bonchev–Trinajstić information content (AvgIpc) is 3.31. The van der Waals surface area contributed by atoms with Crippen molar-refractivity contribution in [2.24, 2.45) is 5.92 Å². The van der Waals surface area contributed by atoms with E-state index in [9.17, 15) is 9.59 Å². The first-order valence-corrected chi connectivity index (χ1v) is 12.4. The van der Waals surface area contributed by atoms with Crippen LogP contribution >= 0.6 is 0 Å². The van der Waals surface area contributed by atoms with Crippen molar-refractivity contribution in [1.82, 2.24) is 14.7 Å². The largest absolute Gasteiger partial charge is 0.484 e. The van der Waals surface area contributed by atoms with Gasteiger partial charge in [-0.15, -0.1) is 0 Å². The van der Waals surface area contributed by atoms with Crippen LogP contribution in [-0.2, 0) is 9.59 Å². The summed E-state index contributed by atoms with van der Waals surface area (Å²) in [6.07, 6.45) is 0. The molecule has 0 aliphatic rings. The molecule has 0 fully saturated rings. The van der Waals surface area contributed by atoms with Gasteiger partial charge in [-0.2, -0.15) is 5.10 Å². The van der Waals surface area contributed by atoms with Crippen molar-refractivity contribution in [2.45, 2.75) is 20.8 Å². The maximum Gasteiger partial charge on any atom is 0.260 e. The fourth-order valence-electron chi connectivity index (χ4n) is 3.91. The number of nitrogens with zero attached hydrogens (tertiary/aromatic N) is 3. The number of aromatic nitrogens is 2. The van der Waals surface area contributed by atoms with E-state index in [1.54, 1.807) is 16.8 Å². The number of hydrogen-bond donors (Lipinski definition) is 1. The summed E-state index contributed by atoms with van der Waals surface area (Å²) < 4.78 is 7.35. The van der Waals surface area contributed by atoms with Gasteiger partial charge < -0.3 is 15.0 Å². The zero-order chi connectivity index (χ0) is 26.2. The van der Waals surface area contributed by atoms with Crippen LogP contribution in [0, 0.1) is 12.8 Å². The highest BCUT2D eigenvalue weighted by Gasteiger charge is 2.21. The van der Waals surface area contributed by atoms with Crippen LogP contribution in [0.3, 0.4) is 0 Å². The van der Waals surface area contributed by atoms with Crippen LogP contribution in [0.15, 0.2) is 91.0 Å². The van der Waals surface area contributed by atoms with Gasteiger partial charge in [0.15, 0.2) is 6.61 Å². The fourth-order valence-corrected chi connectivity index (χ4v) is 3.91. The SMILES string of the molecule is Cc1ccc(-n2nc(-c3ccccc3)cc2NC(=O)CN(CC(C)C)C(=O)COc2ccccc2)cc1. The van der Waals surface area contributed by atoms with Crippen molar-refractivity contribution in [3.8, 4) is 22.7 Å². The summed E-state index contributed by atoms with van der Waals surface area (Å²) in [5.74, 6) is 0.785. The molecule has 0 unspecified atom stereocenters. The number of carbonyl (C=O) groups is 2. The molecule has 2 amide bonds. The van der Waals surface area contributed by atoms with Gasteiger partial charge >= 0.3 is 0 Å². The van der Waals surface area contributed by atoms with Gasteiger partial charge in [0.1, 0.15) is 18.1 Å². The molecule has 1 heterocycles. The van der Waals surface area contributed by atoms with E-state index in [1.165, 1.54) is 4.90 Å². The number of aryl methyl sites for hydroxylation is 1. The first-order chi connectivity index (χ1) is 17.9. The molecule has 1 aromatic heterocycles. The normalized spacial score (nSPS) is 10.8. The molecule has 7 heteroatoms. The number of benzene rings is 3. The van der Waals surface area contributed by atoms with Gasteiger partial charge in [0.05, 0.1) is 11.4 Å². The Morgan fingerprint density at radius 3 is 2.24 bits per heavy atom. The summed E-state index contributed by atoms with van der Waals surface area (Å²) in [6.45, 7) is 6.26. The first kappa shape index (κ1) is 25.7. The third-order valence-corrected chi connectivity index (χ3v) is 5.70. The second-order valence-corrected chi connectivity index (χ2v) is 9.35. The highest BCUT2D eigenvalue weighted by molar-refractivity contribution is 5.94. The molecule has 37 heavy (non-hydrogen) atoms. The van der Waals surface area contributed by atoms with E-state index in [4.69, 9.17) is 9.84 Å². The average molecular weight is 497 g/mol. The van der Waals surface area contributed by atoms with Crippen molar-refractivity contribution >= 4 is 17.6 Å². The van der Waals surface area contributed by atoms with Crippen LogP contribution in [0.5, 0.6) is 5.75 Å². The van der Waals surface area contributed by atoms with E-state index in [2.05, 4.69) is 5.32 Å². The topological polar surface area (TPSA) is 76.5 Å².